The van der Waals surface area contributed by atoms with Gasteiger partial charge in [-0.1, -0.05) is 12.1 Å². The van der Waals surface area contributed by atoms with Crippen LogP contribution in [0.2, 0.25) is 0 Å². The minimum Gasteiger partial charge on any atom is -0.367 e. The number of aromatic nitrogens is 3. The van der Waals surface area contributed by atoms with Gasteiger partial charge in [0.15, 0.2) is 5.82 Å². The lowest BCUT2D eigenvalue weighted by atomic mass is 10.1. The quantitative estimate of drug-likeness (QED) is 0.712. The smallest absolute Gasteiger partial charge is 0.254 e. The van der Waals surface area contributed by atoms with Gasteiger partial charge in [0.1, 0.15) is 6.10 Å². The summed E-state index contributed by atoms with van der Waals surface area (Å²) >= 11 is 0. The van der Waals surface area contributed by atoms with Crippen molar-refractivity contribution >= 4 is 16.8 Å². The molecule has 6 heteroatoms. The molecule has 0 radical (unpaired) electrons. The lowest BCUT2D eigenvalue weighted by Crippen LogP contribution is -2.42. The van der Waals surface area contributed by atoms with E-state index in [1.54, 1.807) is 6.20 Å². The molecule has 0 bridgehead atoms. The van der Waals surface area contributed by atoms with Crippen LogP contribution in [0.3, 0.4) is 0 Å². The van der Waals surface area contributed by atoms with Crippen LogP contribution in [0.25, 0.3) is 10.9 Å². The van der Waals surface area contributed by atoms with E-state index >= 15 is 0 Å². The third-order valence-electron chi connectivity index (χ3n) is 4.52. The van der Waals surface area contributed by atoms with Crippen LogP contribution in [0.5, 0.6) is 0 Å². The maximum Gasteiger partial charge on any atom is 0.254 e. The molecule has 4 rings (SSSR count). The summed E-state index contributed by atoms with van der Waals surface area (Å²) in [6.45, 7) is 5.34. The van der Waals surface area contributed by atoms with Crippen molar-refractivity contribution in [1.82, 2.24) is 19.9 Å². The lowest BCUT2D eigenvalue weighted by molar-refractivity contribution is -0.0268. The van der Waals surface area contributed by atoms with Crippen molar-refractivity contribution in [2.24, 2.45) is 0 Å². The molecule has 0 saturated carbocycles. The average molecular weight is 348 g/mol. The summed E-state index contributed by atoms with van der Waals surface area (Å²) in [6, 6.07) is 11.3. The predicted molar refractivity (Wildman–Crippen MR) is 97.8 cm³/mol. The first kappa shape index (κ1) is 16.6. The fourth-order valence-corrected chi connectivity index (χ4v) is 3.35. The highest BCUT2D eigenvalue weighted by atomic mass is 16.5. The number of hydrogen-bond donors (Lipinski definition) is 0. The van der Waals surface area contributed by atoms with Crippen molar-refractivity contribution in [3.63, 3.8) is 0 Å². The topological polar surface area (TPSA) is 68.2 Å². The average Bonchev–Trinajstić information content (AvgIpc) is 2.66. The second-order valence-corrected chi connectivity index (χ2v) is 6.50. The number of carbonyl (C=O) groups excluding carboxylic acids is 1. The van der Waals surface area contributed by atoms with E-state index in [9.17, 15) is 4.79 Å². The van der Waals surface area contributed by atoms with Crippen LogP contribution in [0.4, 0.5) is 0 Å². The third kappa shape index (κ3) is 3.15. The van der Waals surface area contributed by atoms with Crippen LogP contribution in [0.15, 0.2) is 42.6 Å². The molecule has 1 aliphatic heterocycles. The van der Waals surface area contributed by atoms with E-state index in [-0.39, 0.29) is 12.0 Å². The molecule has 0 N–H and O–H groups in total. The van der Waals surface area contributed by atoms with E-state index in [1.165, 1.54) is 0 Å². The van der Waals surface area contributed by atoms with Gasteiger partial charge in [-0.25, -0.2) is 9.97 Å². The Labute approximate surface area is 151 Å². The van der Waals surface area contributed by atoms with Crippen molar-refractivity contribution in [2.75, 3.05) is 19.7 Å². The molecule has 1 aromatic carbocycles. The van der Waals surface area contributed by atoms with Crippen molar-refractivity contribution in [3.05, 3.63) is 65.4 Å². The zero-order chi connectivity index (χ0) is 18.1. The molecule has 6 nitrogen and oxygen atoms in total. The van der Waals surface area contributed by atoms with E-state index in [0.29, 0.717) is 31.1 Å². The van der Waals surface area contributed by atoms with Crippen LogP contribution in [-0.2, 0) is 4.74 Å². The number of rotatable bonds is 2. The molecule has 26 heavy (non-hydrogen) atoms. The Hall–Kier alpha value is -2.86. The van der Waals surface area contributed by atoms with E-state index < -0.39 is 0 Å². The first-order chi connectivity index (χ1) is 12.6. The van der Waals surface area contributed by atoms with Gasteiger partial charge >= 0.3 is 0 Å². The molecule has 1 aliphatic rings. The van der Waals surface area contributed by atoms with Crippen molar-refractivity contribution in [1.29, 1.82) is 0 Å². The molecular weight excluding hydrogens is 328 g/mol. The largest absolute Gasteiger partial charge is 0.367 e. The Balaban J connectivity index is 1.62. The molecule has 0 aliphatic carbocycles. The van der Waals surface area contributed by atoms with Gasteiger partial charge in [0.05, 0.1) is 18.7 Å². The van der Waals surface area contributed by atoms with E-state index in [4.69, 9.17) is 4.74 Å². The highest BCUT2D eigenvalue weighted by Gasteiger charge is 2.28. The summed E-state index contributed by atoms with van der Waals surface area (Å²) in [5.74, 6) is 0.626. The second kappa shape index (κ2) is 6.80. The van der Waals surface area contributed by atoms with E-state index in [0.717, 1.165) is 22.3 Å². The fraction of sp³-hybridized carbons (Fsp3) is 0.300. The molecule has 1 amide bonds. The monoisotopic (exact) mass is 348 g/mol. The summed E-state index contributed by atoms with van der Waals surface area (Å²) < 4.78 is 5.85. The van der Waals surface area contributed by atoms with Crippen molar-refractivity contribution in [2.45, 2.75) is 20.0 Å². The number of hydrogen-bond acceptors (Lipinski definition) is 5. The highest BCUT2D eigenvalue weighted by Crippen LogP contribution is 2.24. The number of aryl methyl sites for hydroxylation is 2. The van der Waals surface area contributed by atoms with Crippen molar-refractivity contribution < 1.29 is 9.53 Å². The third-order valence-corrected chi connectivity index (χ3v) is 4.52. The van der Waals surface area contributed by atoms with Gasteiger partial charge in [0, 0.05) is 35.1 Å². The summed E-state index contributed by atoms with van der Waals surface area (Å²) in [5.41, 5.74) is 3.29. The molecule has 0 unspecified atom stereocenters. The number of morpholine rings is 1. The first-order valence-electron chi connectivity index (χ1n) is 8.68. The van der Waals surface area contributed by atoms with Gasteiger partial charge in [0.25, 0.3) is 5.91 Å². The first-order valence-corrected chi connectivity index (χ1v) is 8.68. The van der Waals surface area contributed by atoms with Crippen LogP contribution in [0, 0.1) is 13.8 Å². The Morgan fingerprint density at radius 3 is 2.77 bits per heavy atom. The Kier molecular flexibility index (Phi) is 4.34. The Bertz CT molecular complexity index is 947. The van der Waals surface area contributed by atoms with Gasteiger partial charge in [-0.05, 0) is 38.1 Å². The highest BCUT2D eigenvalue weighted by molar-refractivity contribution is 6.06. The molecule has 1 fully saturated rings. The molecule has 1 saturated heterocycles. The molecule has 2 aromatic heterocycles. The van der Waals surface area contributed by atoms with Gasteiger partial charge in [-0.2, -0.15) is 0 Å². The second-order valence-electron chi connectivity index (χ2n) is 6.50. The standard InChI is InChI=1S/C20H20N4O2/c1-13-11-14(2)23-19(22-13)18-12-24(9-10-26-18)20(25)16-5-3-7-17-15(16)6-4-8-21-17/h3-8,11,18H,9-10,12H2,1-2H3/t18-/m0/s1. The molecular formula is C20H20N4O2. The zero-order valence-electron chi connectivity index (χ0n) is 14.8. The lowest BCUT2D eigenvalue weighted by Gasteiger charge is -2.32. The predicted octanol–water partition coefficient (Wildman–Crippen LogP) is 2.86. The number of nitrogens with zero attached hydrogens (tertiary/aromatic N) is 4. The summed E-state index contributed by atoms with van der Waals surface area (Å²) in [6.07, 6.45) is 1.43. The summed E-state index contributed by atoms with van der Waals surface area (Å²) in [5, 5.41) is 0.866. The maximum absolute atomic E-state index is 13.1. The normalized spacial score (nSPS) is 17.5. The number of fused-ring (bicyclic) bond motifs is 1. The fourth-order valence-electron chi connectivity index (χ4n) is 3.35. The Morgan fingerprint density at radius 1 is 1.15 bits per heavy atom. The number of benzene rings is 1. The molecule has 1 atom stereocenters. The maximum atomic E-state index is 13.1. The van der Waals surface area contributed by atoms with Crippen LogP contribution in [-0.4, -0.2) is 45.5 Å². The van der Waals surface area contributed by atoms with Gasteiger partial charge < -0.3 is 9.64 Å². The van der Waals surface area contributed by atoms with Crippen LogP contribution < -0.4 is 0 Å². The molecule has 3 heterocycles. The number of ether oxygens (including phenoxy) is 1. The molecule has 0 spiro atoms. The van der Waals surface area contributed by atoms with Gasteiger partial charge in [0.2, 0.25) is 0 Å². The molecule has 3 aromatic rings. The summed E-state index contributed by atoms with van der Waals surface area (Å²) in [7, 11) is 0. The number of carbonyl (C=O) groups is 1. The van der Waals surface area contributed by atoms with Crippen molar-refractivity contribution in [3.8, 4) is 0 Å². The van der Waals surface area contributed by atoms with Gasteiger partial charge in [-0.15, -0.1) is 0 Å². The minimum atomic E-state index is -0.306. The summed E-state index contributed by atoms with van der Waals surface area (Å²) in [4.78, 5) is 28.3. The Morgan fingerprint density at radius 2 is 1.96 bits per heavy atom. The van der Waals surface area contributed by atoms with Crippen LogP contribution >= 0.6 is 0 Å². The molecule has 132 valence electrons. The minimum absolute atomic E-state index is 0.0127. The van der Waals surface area contributed by atoms with Crippen LogP contribution in [0.1, 0.15) is 33.7 Å². The SMILES string of the molecule is Cc1cc(C)nc([C@@H]2CN(C(=O)c3cccc4ncccc34)CCO2)n1. The number of pyridine rings is 1. The zero-order valence-corrected chi connectivity index (χ0v) is 14.8. The number of amides is 1. The van der Waals surface area contributed by atoms with E-state index in [1.807, 2.05) is 55.1 Å². The van der Waals surface area contributed by atoms with Gasteiger partial charge in [-0.3, -0.25) is 9.78 Å². The van der Waals surface area contributed by atoms with E-state index in [2.05, 4.69) is 15.0 Å².